The lowest BCUT2D eigenvalue weighted by Gasteiger charge is -2.13. The van der Waals surface area contributed by atoms with E-state index in [1.165, 1.54) is 5.56 Å². The molecule has 7 heteroatoms. The van der Waals surface area contributed by atoms with Gasteiger partial charge in [-0.15, -0.1) is 24.8 Å². The molecular formula is C23H25Cl2N3O2. The first-order valence-corrected chi connectivity index (χ1v) is 9.07. The van der Waals surface area contributed by atoms with Crippen LogP contribution < -0.4 is 16.2 Å². The summed E-state index contributed by atoms with van der Waals surface area (Å²) < 4.78 is 5.94. The van der Waals surface area contributed by atoms with Gasteiger partial charge in [-0.05, 0) is 42.3 Å². The third-order valence-corrected chi connectivity index (χ3v) is 4.42. The van der Waals surface area contributed by atoms with Crippen LogP contribution in [0.1, 0.15) is 32.6 Å². The highest BCUT2D eigenvalue weighted by Crippen LogP contribution is 2.24. The molecule has 0 aliphatic carbocycles. The van der Waals surface area contributed by atoms with Gasteiger partial charge in [0.15, 0.2) is 5.78 Å². The molecule has 0 fully saturated rings. The maximum absolute atomic E-state index is 13.0. The lowest BCUT2D eigenvalue weighted by Crippen LogP contribution is -2.13. The largest absolute Gasteiger partial charge is 0.488 e. The topological polar surface area (TPSA) is 102 Å². The van der Waals surface area contributed by atoms with Crippen molar-refractivity contribution in [2.24, 2.45) is 11.5 Å². The van der Waals surface area contributed by atoms with E-state index in [2.05, 4.69) is 0 Å². The van der Waals surface area contributed by atoms with E-state index in [-0.39, 0.29) is 36.4 Å². The molecule has 30 heavy (non-hydrogen) atoms. The van der Waals surface area contributed by atoms with Crippen LogP contribution in [0.2, 0.25) is 0 Å². The van der Waals surface area contributed by atoms with Gasteiger partial charge in [-0.25, -0.2) is 0 Å². The number of nitrogens with one attached hydrogen (secondary N) is 1. The van der Waals surface area contributed by atoms with Crippen LogP contribution in [-0.4, -0.2) is 18.2 Å². The summed E-state index contributed by atoms with van der Waals surface area (Å²) in [6.07, 6.45) is 0.837. The number of benzene rings is 3. The van der Waals surface area contributed by atoms with E-state index in [1.807, 2.05) is 42.5 Å². The van der Waals surface area contributed by atoms with Crippen LogP contribution in [0.3, 0.4) is 0 Å². The first kappa shape index (κ1) is 25.2. The molecule has 3 rings (SSSR count). The minimum absolute atomic E-state index is 0. The van der Waals surface area contributed by atoms with Gasteiger partial charge < -0.3 is 16.2 Å². The van der Waals surface area contributed by atoms with Crippen molar-refractivity contribution in [3.05, 3.63) is 101 Å². The molecule has 0 bridgehead atoms. The number of hydrogen-bond donors (Lipinski definition) is 3. The zero-order valence-corrected chi connectivity index (χ0v) is 18.0. The molecule has 0 atom stereocenters. The second kappa shape index (κ2) is 12.0. The highest BCUT2D eigenvalue weighted by molar-refractivity contribution is 6.12. The van der Waals surface area contributed by atoms with Crippen LogP contribution in [-0.2, 0) is 13.0 Å². The van der Waals surface area contributed by atoms with Crippen molar-refractivity contribution in [1.29, 1.82) is 5.41 Å². The van der Waals surface area contributed by atoms with Gasteiger partial charge in [0.05, 0.1) is 5.56 Å². The van der Waals surface area contributed by atoms with Crippen molar-refractivity contribution in [2.75, 3.05) is 6.54 Å². The number of ketones is 1. The zero-order valence-electron chi connectivity index (χ0n) is 16.3. The van der Waals surface area contributed by atoms with Crippen LogP contribution in [0.25, 0.3) is 0 Å². The second-order valence-electron chi connectivity index (χ2n) is 6.46. The molecule has 0 amide bonds. The van der Waals surface area contributed by atoms with Gasteiger partial charge in [0, 0.05) is 11.1 Å². The predicted octanol–water partition coefficient (Wildman–Crippen LogP) is 4.13. The van der Waals surface area contributed by atoms with Gasteiger partial charge in [0.2, 0.25) is 0 Å². The Balaban J connectivity index is 0.00000225. The van der Waals surface area contributed by atoms with Crippen molar-refractivity contribution in [2.45, 2.75) is 13.0 Å². The fourth-order valence-electron chi connectivity index (χ4n) is 2.88. The summed E-state index contributed by atoms with van der Waals surface area (Å²) in [7, 11) is 0. The van der Waals surface area contributed by atoms with Crippen molar-refractivity contribution in [1.82, 2.24) is 0 Å². The SMILES string of the molecule is Cl.Cl.N=C(N)c1ccc(OCc2ccc(CCN)cc2)c(C(=O)c2ccccc2)c1. The summed E-state index contributed by atoms with van der Waals surface area (Å²) in [4.78, 5) is 13.0. The quantitative estimate of drug-likeness (QED) is 0.275. The van der Waals surface area contributed by atoms with Crippen molar-refractivity contribution in [3.63, 3.8) is 0 Å². The third-order valence-electron chi connectivity index (χ3n) is 4.42. The number of ether oxygens (including phenoxy) is 1. The number of hydrogen-bond acceptors (Lipinski definition) is 4. The van der Waals surface area contributed by atoms with Gasteiger partial charge in [0.25, 0.3) is 0 Å². The Morgan fingerprint density at radius 1 is 0.867 bits per heavy atom. The fourth-order valence-corrected chi connectivity index (χ4v) is 2.88. The molecule has 0 heterocycles. The Bertz CT molecular complexity index is 977. The molecule has 0 unspecified atom stereocenters. The third kappa shape index (κ3) is 6.32. The van der Waals surface area contributed by atoms with Gasteiger partial charge >= 0.3 is 0 Å². The molecule has 158 valence electrons. The Hall–Kier alpha value is -2.86. The summed E-state index contributed by atoms with van der Waals surface area (Å²) >= 11 is 0. The summed E-state index contributed by atoms with van der Waals surface area (Å²) in [5, 5.41) is 7.66. The molecule has 0 saturated carbocycles. The normalized spacial score (nSPS) is 9.77. The molecule has 0 saturated heterocycles. The van der Waals surface area contributed by atoms with Crippen molar-refractivity contribution in [3.8, 4) is 5.75 Å². The number of rotatable bonds is 8. The molecule has 0 aliphatic heterocycles. The summed E-state index contributed by atoms with van der Waals surface area (Å²) in [5.74, 6) is 0.200. The van der Waals surface area contributed by atoms with Crippen molar-refractivity contribution < 1.29 is 9.53 Å². The molecule has 5 N–H and O–H groups in total. The van der Waals surface area contributed by atoms with E-state index in [0.29, 0.717) is 35.6 Å². The average Bonchev–Trinajstić information content (AvgIpc) is 2.73. The number of amidine groups is 1. The minimum atomic E-state index is -0.169. The number of carbonyl (C=O) groups is 1. The molecule has 3 aromatic carbocycles. The first-order chi connectivity index (χ1) is 13.6. The lowest BCUT2D eigenvalue weighted by molar-refractivity contribution is 0.103. The number of halogens is 2. The van der Waals surface area contributed by atoms with Crippen LogP contribution in [0.15, 0.2) is 72.8 Å². The maximum Gasteiger partial charge on any atom is 0.196 e. The van der Waals surface area contributed by atoms with Gasteiger partial charge in [-0.2, -0.15) is 0 Å². The fraction of sp³-hybridized carbons (Fsp3) is 0.130. The maximum atomic E-state index is 13.0. The smallest absolute Gasteiger partial charge is 0.196 e. The molecular weight excluding hydrogens is 421 g/mol. The summed E-state index contributed by atoms with van der Waals surface area (Å²) in [6.45, 7) is 0.945. The molecule has 0 spiro atoms. The standard InChI is InChI=1S/C23H23N3O2.2ClH/c24-13-12-16-6-8-17(9-7-16)15-28-21-11-10-19(23(25)26)14-20(21)22(27)18-4-2-1-3-5-18;;/h1-11,14H,12-13,15,24H2,(H3,25,26);2*1H. The Morgan fingerprint density at radius 3 is 2.10 bits per heavy atom. The van der Waals surface area contributed by atoms with E-state index in [1.54, 1.807) is 30.3 Å². The molecule has 5 nitrogen and oxygen atoms in total. The van der Waals surface area contributed by atoms with Gasteiger partial charge in [-0.3, -0.25) is 10.2 Å². The Labute approximate surface area is 188 Å². The molecule has 0 radical (unpaired) electrons. The number of carbonyl (C=O) groups excluding carboxylic acids is 1. The average molecular weight is 446 g/mol. The number of nitrogens with two attached hydrogens (primary N) is 2. The minimum Gasteiger partial charge on any atom is -0.488 e. The second-order valence-corrected chi connectivity index (χ2v) is 6.46. The zero-order chi connectivity index (χ0) is 19.9. The summed E-state index contributed by atoms with van der Waals surface area (Å²) in [5.41, 5.74) is 14.8. The van der Waals surface area contributed by atoms with E-state index >= 15 is 0 Å². The van der Waals surface area contributed by atoms with Gasteiger partial charge in [-0.1, -0.05) is 54.6 Å². The summed E-state index contributed by atoms with van der Waals surface area (Å²) in [6, 6.07) is 22.0. The molecule has 3 aromatic rings. The van der Waals surface area contributed by atoms with Gasteiger partial charge in [0.1, 0.15) is 18.2 Å². The van der Waals surface area contributed by atoms with Crippen LogP contribution in [0, 0.1) is 5.41 Å². The number of nitrogen functional groups attached to an aromatic ring is 1. The van der Waals surface area contributed by atoms with Crippen LogP contribution in [0.5, 0.6) is 5.75 Å². The molecule has 0 aromatic heterocycles. The van der Waals surface area contributed by atoms with Crippen LogP contribution in [0.4, 0.5) is 0 Å². The van der Waals surface area contributed by atoms with E-state index < -0.39 is 0 Å². The van der Waals surface area contributed by atoms with E-state index in [0.717, 1.165) is 12.0 Å². The van der Waals surface area contributed by atoms with E-state index in [4.69, 9.17) is 21.6 Å². The monoisotopic (exact) mass is 445 g/mol. The van der Waals surface area contributed by atoms with Crippen LogP contribution >= 0.6 is 24.8 Å². The van der Waals surface area contributed by atoms with Crippen molar-refractivity contribution >= 4 is 36.4 Å². The first-order valence-electron chi connectivity index (χ1n) is 9.07. The Morgan fingerprint density at radius 2 is 1.50 bits per heavy atom. The Kier molecular flexibility index (Phi) is 10.1. The predicted molar refractivity (Wildman–Crippen MR) is 125 cm³/mol. The highest BCUT2D eigenvalue weighted by atomic mass is 35.5. The lowest BCUT2D eigenvalue weighted by atomic mass is 10.00. The molecule has 0 aliphatic rings. The van der Waals surface area contributed by atoms with E-state index in [9.17, 15) is 4.79 Å². The highest BCUT2D eigenvalue weighted by Gasteiger charge is 2.16.